The Bertz CT molecular complexity index is 329. The first-order valence-electron chi connectivity index (χ1n) is 6.12. The molecule has 0 aromatic rings. The molecule has 17 heavy (non-hydrogen) atoms. The minimum absolute atomic E-state index is 0.0132. The Morgan fingerprint density at radius 2 is 2.29 bits per heavy atom. The lowest BCUT2D eigenvalue weighted by atomic mass is 9.88. The van der Waals surface area contributed by atoms with Crippen LogP contribution in [0.4, 0.5) is 0 Å². The molecule has 1 saturated heterocycles. The third-order valence-electron chi connectivity index (χ3n) is 2.89. The van der Waals surface area contributed by atoms with E-state index >= 15 is 0 Å². The van der Waals surface area contributed by atoms with Gasteiger partial charge in [0.15, 0.2) is 0 Å². The standard InChI is InChI=1S/C12H21N3O2/c1-12(2,3)7-8-6-10(17-15-8)14-11(16)9-4-5-13-9/h6,8-9,13,15H,4-5,7H2,1-3H3,(H,14,16). The molecule has 2 aliphatic rings. The van der Waals surface area contributed by atoms with Gasteiger partial charge in [0.2, 0.25) is 11.8 Å². The minimum Gasteiger partial charge on any atom is -0.390 e. The molecule has 0 spiro atoms. The predicted octanol–water partition coefficient (Wildman–Crippen LogP) is 0.646. The number of amides is 1. The monoisotopic (exact) mass is 239 g/mol. The molecule has 2 atom stereocenters. The van der Waals surface area contributed by atoms with E-state index in [-0.39, 0.29) is 23.4 Å². The lowest BCUT2D eigenvalue weighted by Gasteiger charge is -2.25. The van der Waals surface area contributed by atoms with Crippen molar-refractivity contribution < 1.29 is 9.63 Å². The summed E-state index contributed by atoms with van der Waals surface area (Å²) in [6, 6.07) is 0.112. The van der Waals surface area contributed by atoms with Crippen molar-refractivity contribution in [2.75, 3.05) is 6.54 Å². The van der Waals surface area contributed by atoms with Gasteiger partial charge < -0.3 is 10.2 Å². The normalized spacial score (nSPS) is 28.1. The van der Waals surface area contributed by atoms with E-state index < -0.39 is 0 Å². The van der Waals surface area contributed by atoms with Gasteiger partial charge in [0.05, 0.1) is 12.1 Å². The van der Waals surface area contributed by atoms with E-state index in [0.717, 1.165) is 19.4 Å². The molecule has 0 bridgehead atoms. The number of hydrogen-bond acceptors (Lipinski definition) is 4. The summed E-state index contributed by atoms with van der Waals surface area (Å²) >= 11 is 0. The highest BCUT2D eigenvalue weighted by atomic mass is 16.7. The summed E-state index contributed by atoms with van der Waals surface area (Å²) in [6.45, 7) is 7.45. The molecule has 0 aromatic carbocycles. The van der Waals surface area contributed by atoms with E-state index in [4.69, 9.17) is 4.84 Å². The summed E-state index contributed by atoms with van der Waals surface area (Å²) in [5.41, 5.74) is 3.14. The first-order chi connectivity index (χ1) is 7.94. The highest BCUT2D eigenvalue weighted by Gasteiger charge is 2.28. The summed E-state index contributed by atoms with van der Waals surface area (Å²) in [4.78, 5) is 16.9. The van der Waals surface area contributed by atoms with Crippen molar-refractivity contribution in [2.45, 2.75) is 45.7 Å². The Kier molecular flexibility index (Phi) is 3.40. The van der Waals surface area contributed by atoms with Crippen molar-refractivity contribution in [3.8, 4) is 0 Å². The molecular formula is C12H21N3O2. The molecule has 2 rings (SSSR count). The molecule has 2 aliphatic heterocycles. The smallest absolute Gasteiger partial charge is 0.243 e. The first kappa shape index (κ1) is 12.4. The van der Waals surface area contributed by atoms with E-state index in [0.29, 0.717) is 5.88 Å². The maximum absolute atomic E-state index is 11.7. The van der Waals surface area contributed by atoms with Crippen LogP contribution >= 0.6 is 0 Å². The number of hydrogen-bond donors (Lipinski definition) is 3. The maximum Gasteiger partial charge on any atom is 0.243 e. The summed E-state index contributed by atoms with van der Waals surface area (Å²) in [6.07, 6.45) is 3.80. The molecule has 5 nitrogen and oxygen atoms in total. The van der Waals surface area contributed by atoms with Gasteiger partial charge in [-0.3, -0.25) is 10.1 Å². The quantitative estimate of drug-likeness (QED) is 0.676. The molecule has 2 heterocycles. The van der Waals surface area contributed by atoms with Crippen LogP contribution in [0.25, 0.3) is 0 Å². The van der Waals surface area contributed by atoms with Crippen molar-refractivity contribution in [3.05, 3.63) is 12.0 Å². The van der Waals surface area contributed by atoms with Crippen molar-refractivity contribution >= 4 is 5.91 Å². The molecule has 96 valence electrons. The van der Waals surface area contributed by atoms with Crippen molar-refractivity contribution in [2.24, 2.45) is 5.41 Å². The highest BCUT2D eigenvalue weighted by Crippen LogP contribution is 2.23. The Labute approximate surface area is 102 Å². The van der Waals surface area contributed by atoms with Gasteiger partial charge in [-0.2, -0.15) is 0 Å². The van der Waals surface area contributed by atoms with E-state index in [9.17, 15) is 4.79 Å². The fourth-order valence-electron chi connectivity index (χ4n) is 1.94. The van der Waals surface area contributed by atoms with Gasteiger partial charge in [-0.05, 0) is 30.9 Å². The molecular weight excluding hydrogens is 218 g/mol. The molecule has 0 aliphatic carbocycles. The van der Waals surface area contributed by atoms with Gasteiger partial charge >= 0.3 is 0 Å². The summed E-state index contributed by atoms with van der Waals surface area (Å²) in [5.74, 6) is 0.513. The number of carbonyl (C=O) groups is 1. The van der Waals surface area contributed by atoms with E-state index in [1.54, 1.807) is 0 Å². The first-order valence-corrected chi connectivity index (χ1v) is 6.12. The van der Waals surface area contributed by atoms with E-state index in [2.05, 4.69) is 36.9 Å². The third kappa shape index (κ3) is 3.44. The van der Waals surface area contributed by atoms with E-state index in [1.165, 1.54) is 0 Å². The molecule has 3 N–H and O–H groups in total. The van der Waals surface area contributed by atoms with Crippen LogP contribution in [-0.4, -0.2) is 24.5 Å². The average molecular weight is 239 g/mol. The van der Waals surface area contributed by atoms with Gasteiger partial charge in [-0.15, -0.1) is 5.48 Å². The average Bonchev–Trinajstić information content (AvgIpc) is 2.45. The van der Waals surface area contributed by atoms with E-state index in [1.807, 2.05) is 6.08 Å². The fourth-order valence-corrected chi connectivity index (χ4v) is 1.94. The largest absolute Gasteiger partial charge is 0.390 e. The second kappa shape index (κ2) is 4.66. The fraction of sp³-hybridized carbons (Fsp3) is 0.750. The second-order valence-electron chi connectivity index (χ2n) is 5.91. The van der Waals surface area contributed by atoms with Crippen LogP contribution in [0.15, 0.2) is 12.0 Å². The van der Waals surface area contributed by atoms with Crippen LogP contribution in [-0.2, 0) is 9.63 Å². The zero-order valence-electron chi connectivity index (χ0n) is 10.7. The Morgan fingerprint density at radius 1 is 1.59 bits per heavy atom. The maximum atomic E-state index is 11.7. The van der Waals surface area contributed by atoms with Crippen molar-refractivity contribution in [3.63, 3.8) is 0 Å². The van der Waals surface area contributed by atoms with Gasteiger partial charge in [0.25, 0.3) is 0 Å². The van der Waals surface area contributed by atoms with Gasteiger partial charge in [-0.1, -0.05) is 20.8 Å². The van der Waals surface area contributed by atoms with Crippen molar-refractivity contribution in [1.82, 2.24) is 16.1 Å². The van der Waals surface area contributed by atoms with Crippen molar-refractivity contribution in [1.29, 1.82) is 0 Å². The van der Waals surface area contributed by atoms with Crippen LogP contribution in [0.1, 0.15) is 33.6 Å². The third-order valence-corrected chi connectivity index (χ3v) is 2.89. The Balaban J connectivity index is 1.82. The highest BCUT2D eigenvalue weighted by molar-refractivity contribution is 5.83. The predicted molar refractivity (Wildman–Crippen MR) is 64.7 cm³/mol. The summed E-state index contributed by atoms with van der Waals surface area (Å²) < 4.78 is 0. The summed E-state index contributed by atoms with van der Waals surface area (Å²) in [5, 5.41) is 5.82. The zero-order chi connectivity index (χ0) is 12.5. The van der Waals surface area contributed by atoms with Gasteiger partial charge in [-0.25, -0.2) is 0 Å². The van der Waals surface area contributed by atoms with Gasteiger partial charge in [0, 0.05) is 0 Å². The van der Waals surface area contributed by atoms with Crippen LogP contribution in [0, 0.1) is 5.41 Å². The lowest BCUT2D eigenvalue weighted by Crippen LogP contribution is -2.53. The lowest BCUT2D eigenvalue weighted by molar-refractivity contribution is -0.125. The number of nitrogens with one attached hydrogen (secondary N) is 3. The number of carbonyl (C=O) groups excluding carboxylic acids is 1. The molecule has 0 radical (unpaired) electrons. The molecule has 2 unspecified atom stereocenters. The molecule has 0 aromatic heterocycles. The van der Waals surface area contributed by atoms with Gasteiger partial charge in [0.1, 0.15) is 0 Å². The zero-order valence-corrected chi connectivity index (χ0v) is 10.7. The van der Waals surface area contributed by atoms with Crippen LogP contribution in [0.5, 0.6) is 0 Å². The molecule has 1 fully saturated rings. The molecule has 0 saturated carbocycles. The van der Waals surface area contributed by atoms with Crippen LogP contribution < -0.4 is 16.1 Å². The second-order valence-corrected chi connectivity index (χ2v) is 5.91. The Hall–Kier alpha value is -1.07. The summed E-state index contributed by atoms with van der Waals surface area (Å²) in [7, 11) is 0. The minimum atomic E-state index is -0.0545. The topological polar surface area (TPSA) is 62.4 Å². The Morgan fingerprint density at radius 3 is 2.82 bits per heavy atom. The number of hydroxylamine groups is 1. The molecule has 1 amide bonds. The molecule has 5 heteroatoms. The number of rotatable bonds is 3. The SMILES string of the molecule is CC(C)(C)CC1C=C(NC(=O)C2CCN2)ON1. The van der Waals surface area contributed by atoms with Crippen LogP contribution in [0.3, 0.4) is 0 Å². The van der Waals surface area contributed by atoms with Crippen LogP contribution in [0.2, 0.25) is 0 Å².